The predicted octanol–water partition coefficient (Wildman–Crippen LogP) is 16.4. The highest BCUT2D eigenvalue weighted by Crippen LogP contribution is 2.33. The van der Waals surface area contributed by atoms with Gasteiger partial charge in [0.2, 0.25) is 5.91 Å². The van der Waals surface area contributed by atoms with Gasteiger partial charge in [0.25, 0.3) is 0 Å². The predicted molar refractivity (Wildman–Crippen MR) is 429 cm³/mol. The van der Waals surface area contributed by atoms with Crippen LogP contribution in [-0.2, 0) is 33.2 Å². The second-order valence-electron chi connectivity index (χ2n) is 31.7. The van der Waals surface area contributed by atoms with Gasteiger partial charge in [0.15, 0.2) is 18.9 Å². The van der Waals surface area contributed by atoms with Gasteiger partial charge in [0.05, 0.1) is 38.6 Å². The number of hydrogen-bond donors (Lipinski definition) is 12. The number of rotatable bonds is 72. The van der Waals surface area contributed by atoms with Gasteiger partial charge in [0, 0.05) is 6.42 Å². The molecule has 19 heteroatoms. The van der Waals surface area contributed by atoms with E-state index in [2.05, 4.69) is 55.6 Å². The van der Waals surface area contributed by atoms with Gasteiger partial charge in [-0.1, -0.05) is 345 Å². The summed E-state index contributed by atoms with van der Waals surface area (Å²) in [6.07, 6.45) is 61.3. The minimum absolute atomic E-state index is 0.235. The van der Waals surface area contributed by atoms with E-state index in [9.17, 15) is 61.0 Å². The molecule has 19 nitrogen and oxygen atoms in total. The summed E-state index contributed by atoms with van der Waals surface area (Å²) in [5, 5.41) is 121. The van der Waals surface area contributed by atoms with E-state index in [1.807, 2.05) is 6.08 Å². The van der Waals surface area contributed by atoms with Gasteiger partial charge in [-0.05, 0) is 70.6 Å². The lowest BCUT2D eigenvalue weighted by Gasteiger charge is -2.48. The maximum atomic E-state index is 13.5. The summed E-state index contributed by atoms with van der Waals surface area (Å²) in [7, 11) is 0. The molecule has 3 rings (SSSR count). The average Bonchev–Trinajstić information content (AvgIpc) is 0.781. The van der Waals surface area contributed by atoms with Crippen LogP contribution in [0.15, 0.2) is 48.6 Å². The number of hydrogen-bond acceptors (Lipinski definition) is 18. The first-order valence-corrected chi connectivity index (χ1v) is 44.4. The molecule has 3 fully saturated rings. The topological polar surface area (TPSA) is 307 Å². The minimum atomic E-state index is -1.98. The zero-order chi connectivity index (χ0) is 77.4. The molecule has 0 aliphatic carbocycles. The SMILES string of the molecule is CCCCCCCCCC/C=C\CCCCCCCCCCCCCCCCCCCCCCCCCC(=O)NC(COC1OC(CO)C(OC2OC(CO)C(OC3OC(CO)C(O)C(O)C3O)C(O)C2O)C(O)C1O)C(O)/C=C/CC/C=C/CC/C=C/CCCCCCCCCCCCCCCCCCC. The van der Waals surface area contributed by atoms with Gasteiger partial charge in [-0.2, -0.15) is 0 Å². The quantitative estimate of drug-likeness (QED) is 0.0199. The van der Waals surface area contributed by atoms with Gasteiger partial charge >= 0.3 is 0 Å². The highest BCUT2D eigenvalue weighted by atomic mass is 16.8. The van der Waals surface area contributed by atoms with E-state index in [-0.39, 0.29) is 18.9 Å². The molecule has 0 aromatic rings. The largest absolute Gasteiger partial charge is 0.394 e. The molecule has 0 aromatic heterocycles. The summed E-state index contributed by atoms with van der Waals surface area (Å²) in [6.45, 7) is 1.77. The summed E-state index contributed by atoms with van der Waals surface area (Å²) in [5.41, 5.74) is 0. The molecule has 17 atom stereocenters. The van der Waals surface area contributed by atoms with E-state index in [4.69, 9.17) is 28.4 Å². The first-order valence-electron chi connectivity index (χ1n) is 44.4. The molecule has 1 amide bonds. The standard InChI is InChI=1S/C88H163NO18/c1-3-5-7-9-11-13-15-17-19-21-23-25-27-29-31-32-33-34-35-36-37-38-40-42-44-46-48-50-52-54-56-58-60-62-64-66-76(94)89-71(72(93)65-63-61-59-57-55-53-51-49-47-45-43-41-39-30-28-26-24-22-20-18-16-14-12-10-8-6-4-2)70-102-86-82(100)79(97)84(74(68-91)104-86)107-88-83(101)80(98)85(75(69-92)105-88)106-87-81(99)78(96)77(95)73(67-90)103-87/h21,23,47,49,55,57,63,65,71-75,77-88,90-93,95-101H,3-20,22,24-46,48,50-54,56,58-62,64,66-70H2,1-2H3,(H,89,94)/b23-21-,49-47+,57-55+,65-63+. The van der Waals surface area contributed by atoms with Crippen molar-refractivity contribution in [3.05, 3.63) is 48.6 Å². The molecule has 3 saturated heterocycles. The van der Waals surface area contributed by atoms with Gasteiger partial charge in [-0.15, -0.1) is 0 Å². The molecule has 0 radical (unpaired) electrons. The van der Waals surface area contributed by atoms with Crippen LogP contribution < -0.4 is 5.32 Å². The van der Waals surface area contributed by atoms with E-state index >= 15 is 0 Å². The maximum Gasteiger partial charge on any atom is 0.220 e. The first kappa shape index (κ1) is 98.9. The van der Waals surface area contributed by atoms with Crippen molar-refractivity contribution in [2.24, 2.45) is 0 Å². The number of nitrogens with one attached hydrogen (secondary N) is 1. The van der Waals surface area contributed by atoms with Crippen LogP contribution >= 0.6 is 0 Å². The van der Waals surface area contributed by atoms with Crippen LogP contribution in [0.2, 0.25) is 0 Å². The fourth-order valence-electron chi connectivity index (χ4n) is 15.0. The first-order chi connectivity index (χ1) is 52.3. The van der Waals surface area contributed by atoms with E-state index in [1.54, 1.807) is 6.08 Å². The molecule has 12 N–H and O–H groups in total. The number of aliphatic hydroxyl groups is 11. The number of aliphatic hydroxyl groups excluding tert-OH is 11. The number of allylic oxidation sites excluding steroid dienone is 7. The van der Waals surface area contributed by atoms with Crippen LogP contribution in [0.3, 0.4) is 0 Å². The average molecular weight is 1520 g/mol. The molecular weight excluding hydrogens is 1360 g/mol. The molecular formula is C88H163NO18. The van der Waals surface area contributed by atoms with Crippen molar-refractivity contribution in [2.75, 3.05) is 26.4 Å². The van der Waals surface area contributed by atoms with Crippen LogP contribution in [0, 0.1) is 0 Å². The van der Waals surface area contributed by atoms with Crippen molar-refractivity contribution < 1.29 is 89.4 Å². The third-order valence-electron chi connectivity index (χ3n) is 22.1. The van der Waals surface area contributed by atoms with Crippen molar-refractivity contribution in [2.45, 2.75) is 478 Å². The lowest BCUT2D eigenvalue weighted by atomic mass is 9.96. The summed E-state index contributed by atoms with van der Waals surface area (Å²) >= 11 is 0. The fraction of sp³-hybridized carbons (Fsp3) is 0.898. The summed E-state index contributed by atoms with van der Waals surface area (Å²) in [6, 6.07) is -0.998. The zero-order valence-corrected chi connectivity index (χ0v) is 67.6. The van der Waals surface area contributed by atoms with Crippen LogP contribution in [-0.4, -0.2) is 193 Å². The molecule has 0 bridgehead atoms. The second kappa shape index (κ2) is 68.2. The number of carbonyl (C=O) groups excluding carboxylic acids is 1. The molecule has 0 aromatic carbocycles. The Morgan fingerprint density at radius 1 is 0.327 bits per heavy atom. The van der Waals surface area contributed by atoms with E-state index < -0.39 is 124 Å². The Kier molecular flexibility index (Phi) is 63.0. The van der Waals surface area contributed by atoms with Crippen molar-refractivity contribution in [3.8, 4) is 0 Å². The second-order valence-corrected chi connectivity index (χ2v) is 31.7. The van der Waals surface area contributed by atoms with Crippen molar-refractivity contribution in [1.82, 2.24) is 5.32 Å². The number of carbonyl (C=O) groups is 1. The van der Waals surface area contributed by atoms with Crippen molar-refractivity contribution in [1.29, 1.82) is 0 Å². The van der Waals surface area contributed by atoms with Crippen molar-refractivity contribution >= 4 is 5.91 Å². The number of ether oxygens (including phenoxy) is 6. The monoisotopic (exact) mass is 1520 g/mol. The highest BCUT2D eigenvalue weighted by molar-refractivity contribution is 5.76. The van der Waals surface area contributed by atoms with Crippen LogP contribution in [0.4, 0.5) is 0 Å². The highest BCUT2D eigenvalue weighted by Gasteiger charge is 2.54. The Balaban J connectivity index is 1.34. The lowest BCUT2D eigenvalue weighted by molar-refractivity contribution is -0.379. The molecule has 3 aliphatic heterocycles. The molecule has 3 heterocycles. The Bertz CT molecular complexity index is 2120. The molecule has 17 unspecified atom stereocenters. The maximum absolute atomic E-state index is 13.5. The number of amides is 1. The van der Waals surface area contributed by atoms with Crippen molar-refractivity contribution in [3.63, 3.8) is 0 Å². The third kappa shape index (κ3) is 47.3. The summed E-state index contributed by atoms with van der Waals surface area (Å²) in [5.74, 6) is -0.282. The molecule has 0 saturated carbocycles. The van der Waals surface area contributed by atoms with Crippen LogP contribution in [0.1, 0.15) is 373 Å². The van der Waals surface area contributed by atoms with Gasteiger partial charge < -0.3 is 89.9 Å². The molecule has 628 valence electrons. The zero-order valence-electron chi connectivity index (χ0n) is 67.6. The molecule has 107 heavy (non-hydrogen) atoms. The van der Waals surface area contributed by atoms with Gasteiger partial charge in [-0.3, -0.25) is 4.79 Å². The summed E-state index contributed by atoms with van der Waals surface area (Å²) < 4.78 is 34.5. The lowest BCUT2D eigenvalue weighted by Crippen LogP contribution is -2.66. The fourth-order valence-corrected chi connectivity index (χ4v) is 15.0. The van der Waals surface area contributed by atoms with Gasteiger partial charge in [-0.25, -0.2) is 0 Å². The van der Waals surface area contributed by atoms with Gasteiger partial charge in [0.1, 0.15) is 73.2 Å². The smallest absolute Gasteiger partial charge is 0.220 e. The normalized spacial score (nSPS) is 25.7. The summed E-state index contributed by atoms with van der Waals surface area (Å²) in [4.78, 5) is 13.5. The van der Waals surface area contributed by atoms with E-state index in [0.29, 0.717) is 12.8 Å². The Hall–Kier alpha value is -2.25. The van der Waals surface area contributed by atoms with Crippen LogP contribution in [0.25, 0.3) is 0 Å². The van der Waals surface area contributed by atoms with E-state index in [0.717, 1.165) is 44.9 Å². The Morgan fingerprint density at radius 3 is 0.935 bits per heavy atom. The minimum Gasteiger partial charge on any atom is -0.394 e. The Morgan fingerprint density at radius 2 is 0.598 bits per heavy atom. The third-order valence-corrected chi connectivity index (χ3v) is 22.1. The molecule has 3 aliphatic rings. The van der Waals surface area contributed by atoms with Crippen LogP contribution in [0.5, 0.6) is 0 Å². The number of unbranched alkanes of at least 4 members (excludes halogenated alkanes) is 50. The Labute approximate surface area is 650 Å². The molecule has 0 spiro atoms. The van der Waals surface area contributed by atoms with E-state index in [1.165, 1.54) is 295 Å².